The number of ether oxygens (including phenoxy) is 1. The van der Waals surface area contributed by atoms with Crippen LogP contribution >= 0.6 is 11.6 Å². The summed E-state index contributed by atoms with van der Waals surface area (Å²) in [4.78, 5) is 0. The molecule has 0 radical (unpaired) electrons. The Labute approximate surface area is 104 Å². The Bertz CT molecular complexity index is 400. The van der Waals surface area contributed by atoms with Crippen LogP contribution in [0, 0.1) is 5.92 Å². The van der Waals surface area contributed by atoms with E-state index < -0.39 is 13.0 Å². The van der Waals surface area contributed by atoms with Crippen molar-refractivity contribution in [2.45, 2.75) is 18.8 Å². The minimum absolute atomic E-state index is 0.298. The Morgan fingerprint density at radius 2 is 2.24 bits per heavy atom. The second-order valence-corrected chi connectivity index (χ2v) is 4.66. The molecule has 1 aliphatic carbocycles. The number of benzene rings is 1. The maximum Gasteiger partial charge on any atom is 0.272 e. The van der Waals surface area contributed by atoms with Gasteiger partial charge < -0.3 is 10.5 Å². The van der Waals surface area contributed by atoms with Gasteiger partial charge in [-0.1, -0.05) is 11.6 Å². The standard InChI is InChI=1S/C12H14ClF2NO/c13-8-1-2-11(17-6-12(14)15)10(4-8)9-3-7(9)5-16/h1-2,4,7,9,12H,3,5-6,16H2/t7-,9+/m1/s1. The van der Waals surface area contributed by atoms with Crippen molar-refractivity contribution in [1.29, 1.82) is 0 Å². The van der Waals surface area contributed by atoms with Crippen molar-refractivity contribution in [3.8, 4) is 5.75 Å². The van der Waals surface area contributed by atoms with E-state index in [1.807, 2.05) is 0 Å². The molecule has 1 aliphatic rings. The molecule has 0 unspecified atom stereocenters. The molecule has 1 aromatic rings. The summed E-state index contributed by atoms with van der Waals surface area (Å²) in [5.74, 6) is 1.21. The summed E-state index contributed by atoms with van der Waals surface area (Å²) in [5, 5.41) is 0.590. The van der Waals surface area contributed by atoms with Gasteiger partial charge in [0.2, 0.25) is 0 Å². The Balaban J connectivity index is 2.14. The molecule has 17 heavy (non-hydrogen) atoms. The molecule has 1 saturated carbocycles. The second kappa shape index (κ2) is 5.19. The van der Waals surface area contributed by atoms with Crippen LogP contribution in [0.2, 0.25) is 5.02 Å². The smallest absolute Gasteiger partial charge is 0.272 e. The summed E-state index contributed by atoms with van der Waals surface area (Å²) in [5.41, 5.74) is 6.47. The van der Waals surface area contributed by atoms with Crippen LogP contribution in [0.3, 0.4) is 0 Å². The molecule has 2 nitrogen and oxygen atoms in total. The average molecular weight is 262 g/mol. The Morgan fingerprint density at radius 1 is 1.47 bits per heavy atom. The summed E-state index contributed by atoms with van der Waals surface area (Å²) in [6.07, 6.45) is -1.50. The van der Waals surface area contributed by atoms with E-state index in [9.17, 15) is 8.78 Å². The van der Waals surface area contributed by atoms with E-state index in [-0.39, 0.29) is 0 Å². The van der Waals surface area contributed by atoms with E-state index in [4.69, 9.17) is 22.1 Å². The van der Waals surface area contributed by atoms with Crippen molar-refractivity contribution in [3.63, 3.8) is 0 Å². The summed E-state index contributed by atoms with van der Waals surface area (Å²) in [6.45, 7) is 0.0140. The molecular formula is C12H14ClF2NO. The van der Waals surface area contributed by atoms with Crippen LogP contribution in [0.4, 0.5) is 8.78 Å². The molecule has 1 fully saturated rings. The lowest BCUT2D eigenvalue weighted by molar-refractivity contribution is 0.0814. The van der Waals surface area contributed by atoms with Gasteiger partial charge >= 0.3 is 0 Å². The Kier molecular flexibility index (Phi) is 3.84. The van der Waals surface area contributed by atoms with Gasteiger partial charge in [-0.3, -0.25) is 0 Å². The molecule has 0 spiro atoms. The molecular weight excluding hydrogens is 248 g/mol. The van der Waals surface area contributed by atoms with Gasteiger partial charge in [-0.15, -0.1) is 0 Å². The van der Waals surface area contributed by atoms with Crippen molar-refractivity contribution in [2.75, 3.05) is 13.2 Å². The fourth-order valence-electron chi connectivity index (χ4n) is 1.98. The number of halogens is 3. The molecule has 94 valence electrons. The average Bonchev–Trinajstić information content (AvgIpc) is 3.06. The molecule has 0 aromatic heterocycles. The fourth-order valence-corrected chi connectivity index (χ4v) is 2.16. The quantitative estimate of drug-likeness (QED) is 0.884. The summed E-state index contributed by atoms with van der Waals surface area (Å²) in [7, 11) is 0. The second-order valence-electron chi connectivity index (χ2n) is 4.22. The summed E-state index contributed by atoms with van der Waals surface area (Å²) < 4.78 is 29.3. The third-order valence-electron chi connectivity index (χ3n) is 2.96. The van der Waals surface area contributed by atoms with Crippen molar-refractivity contribution < 1.29 is 13.5 Å². The number of hydrogen-bond donors (Lipinski definition) is 1. The predicted octanol–water partition coefficient (Wildman–Crippen LogP) is 3.05. The summed E-state index contributed by atoms with van der Waals surface area (Å²) in [6, 6.07) is 5.07. The molecule has 0 bridgehead atoms. The minimum Gasteiger partial charge on any atom is -0.487 e. The highest BCUT2D eigenvalue weighted by Crippen LogP contribution is 2.50. The van der Waals surface area contributed by atoms with E-state index in [1.165, 1.54) is 0 Å². The lowest BCUT2D eigenvalue weighted by atomic mass is 10.1. The van der Waals surface area contributed by atoms with Gasteiger partial charge in [0, 0.05) is 5.02 Å². The normalized spacial score (nSPS) is 22.9. The molecule has 0 amide bonds. The Morgan fingerprint density at radius 3 is 2.82 bits per heavy atom. The number of hydrogen-bond acceptors (Lipinski definition) is 2. The van der Waals surface area contributed by atoms with Crippen molar-refractivity contribution in [2.24, 2.45) is 11.7 Å². The largest absolute Gasteiger partial charge is 0.487 e. The fraction of sp³-hybridized carbons (Fsp3) is 0.500. The van der Waals surface area contributed by atoms with Crippen LogP contribution in [-0.2, 0) is 0 Å². The maximum absolute atomic E-state index is 12.1. The number of alkyl halides is 2. The molecule has 0 aliphatic heterocycles. The lowest BCUT2D eigenvalue weighted by Gasteiger charge is -2.11. The zero-order valence-corrected chi connectivity index (χ0v) is 9.96. The zero-order chi connectivity index (χ0) is 12.4. The molecule has 2 rings (SSSR count). The van der Waals surface area contributed by atoms with E-state index >= 15 is 0 Å². The SMILES string of the molecule is NC[C@H]1C[C@@H]1c1cc(Cl)ccc1OCC(F)F. The molecule has 5 heteroatoms. The van der Waals surface area contributed by atoms with Crippen molar-refractivity contribution >= 4 is 11.6 Å². The van der Waals surface area contributed by atoms with Crippen LogP contribution < -0.4 is 10.5 Å². The molecule has 0 heterocycles. The van der Waals surface area contributed by atoms with Crippen molar-refractivity contribution in [3.05, 3.63) is 28.8 Å². The van der Waals surface area contributed by atoms with Crippen LogP contribution in [-0.4, -0.2) is 19.6 Å². The first-order valence-corrected chi connectivity index (χ1v) is 5.90. The van der Waals surface area contributed by atoms with Crippen LogP contribution in [0.1, 0.15) is 17.9 Å². The highest BCUT2D eigenvalue weighted by atomic mass is 35.5. The maximum atomic E-state index is 12.1. The van der Waals surface area contributed by atoms with Crippen LogP contribution in [0.5, 0.6) is 5.75 Å². The number of nitrogens with two attached hydrogens (primary N) is 1. The Hall–Kier alpha value is -0.870. The van der Waals surface area contributed by atoms with Gasteiger partial charge in [-0.05, 0) is 48.6 Å². The van der Waals surface area contributed by atoms with Gasteiger partial charge in [-0.25, -0.2) is 8.78 Å². The topological polar surface area (TPSA) is 35.2 Å². The summed E-state index contributed by atoms with van der Waals surface area (Å²) >= 11 is 5.91. The first-order valence-electron chi connectivity index (χ1n) is 5.52. The zero-order valence-electron chi connectivity index (χ0n) is 9.20. The lowest BCUT2D eigenvalue weighted by Crippen LogP contribution is -2.09. The monoisotopic (exact) mass is 261 g/mol. The van der Waals surface area contributed by atoms with E-state index in [2.05, 4.69) is 0 Å². The third kappa shape index (κ3) is 3.07. The number of rotatable bonds is 5. The first kappa shape index (κ1) is 12.6. The third-order valence-corrected chi connectivity index (χ3v) is 3.20. The molecule has 2 atom stereocenters. The van der Waals surface area contributed by atoms with Crippen LogP contribution in [0.25, 0.3) is 0 Å². The predicted molar refractivity (Wildman–Crippen MR) is 62.9 cm³/mol. The van der Waals surface area contributed by atoms with Gasteiger partial charge in [0.15, 0.2) is 0 Å². The molecule has 1 aromatic carbocycles. The highest BCUT2D eigenvalue weighted by Gasteiger charge is 2.39. The van der Waals surface area contributed by atoms with Gasteiger partial charge in [0.1, 0.15) is 12.4 Å². The van der Waals surface area contributed by atoms with E-state index in [0.717, 1.165) is 12.0 Å². The van der Waals surface area contributed by atoms with Crippen molar-refractivity contribution in [1.82, 2.24) is 0 Å². The van der Waals surface area contributed by atoms with E-state index in [0.29, 0.717) is 29.2 Å². The van der Waals surface area contributed by atoms with Gasteiger partial charge in [0.05, 0.1) is 0 Å². The minimum atomic E-state index is -2.47. The molecule has 2 N–H and O–H groups in total. The van der Waals surface area contributed by atoms with Gasteiger partial charge in [-0.2, -0.15) is 0 Å². The van der Waals surface area contributed by atoms with Crippen LogP contribution in [0.15, 0.2) is 18.2 Å². The van der Waals surface area contributed by atoms with E-state index in [1.54, 1.807) is 18.2 Å². The first-order chi connectivity index (χ1) is 8.11. The molecule has 0 saturated heterocycles. The highest BCUT2D eigenvalue weighted by molar-refractivity contribution is 6.30. The van der Waals surface area contributed by atoms with Gasteiger partial charge in [0.25, 0.3) is 6.43 Å².